The number of rotatable bonds is 6. The van der Waals surface area contributed by atoms with Gasteiger partial charge in [0.15, 0.2) is 0 Å². The molecule has 7 nitrogen and oxygen atoms in total. The molecule has 1 aromatic rings. The van der Waals surface area contributed by atoms with E-state index < -0.39 is 10.9 Å². The van der Waals surface area contributed by atoms with Crippen molar-refractivity contribution in [3.8, 4) is 0 Å². The number of thioether (sulfide) groups is 1. The van der Waals surface area contributed by atoms with Gasteiger partial charge in [0.25, 0.3) is 11.6 Å². The lowest BCUT2D eigenvalue weighted by Crippen LogP contribution is -2.29. The lowest BCUT2D eigenvalue weighted by atomic mass is 10.1. The lowest BCUT2D eigenvalue weighted by Gasteiger charge is -2.13. The molecule has 1 saturated heterocycles. The number of carboxylic acid groups (broad SMARTS) is 1. The fraction of sp³-hybridized carbons (Fsp3) is 0.267. The Balaban J connectivity index is 2.18. The van der Waals surface area contributed by atoms with E-state index in [9.17, 15) is 19.7 Å². The van der Waals surface area contributed by atoms with Crippen molar-refractivity contribution in [2.75, 3.05) is 6.54 Å². The molecule has 1 amide bonds. The second kappa shape index (κ2) is 7.54. The van der Waals surface area contributed by atoms with Gasteiger partial charge in [0, 0.05) is 24.6 Å². The number of aliphatic carboxylic acids is 1. The van der Waals surface area contributed by atoms with E-state index in [1.807, 2.05) is 0 Å². The van der Waals surface area contributed by atoms with Crippen LogP contribution in [-0.2, 0) is 9.59 Å². The molecule has 0 aliphatic carbocycles. The van der Waals surface area contributed by atoms with Crippen molar-refractivity contribution in [1.29, 1.82) is 0 Å². The molecule has 1 aliphatic rings. The van der Waals surface area contributed by atoms with Gasteiger partial charge in [-0.2, -0.15) is 0 Å². The molecule has 1 fully saturated rings. The second-order valence-corrected chi connectivity index (χ2v) is 6.81. The third kappa shape index (κ3) is 4.18. The Kier molecular flexibility index (Phi) is 5.68. The van der Waals surface area contributed by atoms with Crippen molar-refractivity contribution in [2.24, 2.45) is 0 Å². The van der Waals surface area contributed by atoms with Gasteiger partial charge in [0.05, 0.1) is 9.83 Å². The average molecular weight is 366 g/mol. The minimum absolute atomic E-state index is 0.0133. The molecule has 2 rings (SSSR count). The van der Waals surface area contributed by atoms with Crippen LogP contribution in [0.15, 0.2) is 23.1 Å². The Morgan fingerprint density at radius 1 is 1.50 bits per heavy atom. The first-order valence-electron chi connectivity index (χ1n) is 7.02. The van der Waals surface area contributed by atoms with Crippen molar-refractivity contribution >= 4 is 51.9 Å². The maximum absolute atomic E-state index is 12.3. The predicted octanol–water partition coefficient (Wildman–Crippen LogP) is 2.97. The highest BCUT2D eigenvalue weighted by Crippen LogP contribution is 2.33. The van der Waals surface area contributed by atoms with Crippen molar-refractivity contribution in [3.05, 3.63) is 44.3 Å². The summed E-state index contributed by atoms with van der Waals surface area (Å²) in [5.41, 5.74) is 1.07. The molecule has 1 heterocycles. The summed E-state index contributed by atoms with van der Waals surface area (Å²) in [6, 6.07) is 4.73. The van der Waals surface area contributed by atoms with Gasteiger partial charge in [0.2, 0.25) is 0 Å². The highest BCUT2D eigenvalue weighted by Gasteiger charge is 2.31. The zero-order chi connectivity index (χ0) is 17.9. The first-order chi connectivity index (χ1) is 11.3. The molecular weight excluding hydrogens is 352 g/mol. The molecule has 0 unspecified atom stereocenters. The minimum atomic E-state index is -0.928. The van der Waals surface area contributed by atoms with Gasteiger partial charge in [-0.05, 0) is 25.0 Å². The molecule has 1 aliphatic heterocycles. The van der Waals surface area contributed by atoms with Gasteiger partial charge in [-0.25, -0.2) is 0 Å². The maximum atomic E-state index is 12.3. The lowest BCUT2D eigenvalue weighted by molar-refractivity contribution is -0.385. The number of nitro benzene ring substituents is 1. The fourth-order valence-electron chi connectivity index (χ4n) is 2.15. The number of hydrogen-bond acceptors (Lipinski definition) is 6. The number of amides is 1. The number of nitrogens with zero attached hydrogens (tertiary/aromatic N) is 2. The van der Waals surface area contributed by atoms with Crippen LogP contribution in [0.3, 0.4) is 0 Å². The van der Waals surface area contributed by atoms with E-state index in [0.29, 0.717) is 26.8 Å². The van der Waals surface area contributed by atoms with Crippen molar-refractivity contribution in [2.45, 2.75) is 19.8 Å². The van der Waals surface area contributed by atoms with Gasteiger partial charge >= 0.3 is 5.97 Å². The maximum Gasteiger partial charge on any atom is 0.303 e. The Hall–Kier alpha value is -2.26. The van der Waals surface area contributed by atoms with Crippen LogP contribution in [0.5, 0.6) is 0 Å². The van der Waals surface area contributed by atoms with E-state index in [1.54, 1.807) is 25.1 Å². The van der Waals surface area contributed by atoms with Crippen LogP contribution in [0, 0.1) is 17.0 Å². The standard InChI is InChI=1S/C15H14N2O5S2/c1-9-4-5-10(7-11(9)17(21)22)8-12-14(20)16(15(23)24-12)6-2-3-13(18)19/h4-5,7-8H,2-3,6H2,1H3,(H,18,19). The Morgan fingerprint density at radius 3 is 2.83 bits per heavy atom. The number of carbonyl (C=O) groups excluding carboxylic acids is 1. The number of benzene rings is 1. The first kappa shape index (κ1) is 18.1. The Labute approximate surface area is 147 Å². The van der Waals surface area contributed by atoms with E-state index in [2.05, 4.69) is 0 Å². The zero-order valence-electron chi connectivity index (χ0n) is 12.7. The summed E-state index contributed by atoms with van der Waals surface area (Å²) in [5.74, 6) is -1.23. The molecule has 0 saturated carbocycles. The number of hydrogen-bond donors (Lipinski definition) is 1. The topological polar surface area (TPSA) is 101 Å². The van der Waals surface area contributed by atoms with E-state index in [-0.39, 0.29) is 24.6 Å². The largest absolute Gasteiger partial charge is 0.481 e. The summed E-state index contributed by atoms with van der Waals surface area (Å²) in [6.45, 7) is 1.88. The number of thiocarbonyl (C=S) groups is 1. The van der Waals surface area contributed by atoms with Gasteiger partial charge in [0.1, 0.15) is 4.32 Å². The summed E-state index contributed by atoms with van der Waals surface area (Å²) in [6.07, 6.45) is 1.83. The van der Waals surface area contributed by atoms with Crippen LogP contribution < -0.4 is 0 Å². The molecule has 24 heavy (non-hydrogen) atoms. The Morgan fingerprint density at radius 2 is 2.21 bits per heavy atom. The van der Waals surface area contributed by atoms with Crippen LogP contribution in [0.1, 0.15) is 24.0 Å². The van der Waals surface area contributed by atoms with Crippen LogP contribution in [0.4, 0.5) is 5.69 Å². The number of nitro groups is 1. The van der Waals surface area contributed by atoms with Gasteiger partial charge in [-0.15, -0.1) is 0 Å². The molecule has 0 aromatic heterocycles. The fourth-order valence-corrected chi connectivity index (χ4v) is 3.45. The number of aryl methyl sites for hydroxylation is 1. The normalized spacial score (nSPS) is 16.0. The summed E-state index contributed by atoms with van der Waals surface area (Å²) in [7, 11) is 0. The van der Waals surface area contributed by atoms with E-state index in [1.165, 1.54) is 11.0 Å². The van der Waals surface area contributed by atoms with Crippen LogP contribution in [0.25, 0.3) is 6.08 Å². The highest BCUT2D eigenvalue weighted by atomic mass is 32.2. The van der Waals surface area contributed by atoms with E-state index in [4.69, 9.17) is 17.3 Å². The molecule has 0 bridgehead atoms. The predicted molar refractivity (Wildman–Crippen MR) is 94.6 cm³/mol. The summed E-state index contributed by atoms with van der Waals surface area (Å²) < 4.78 is 0.359. The van der Waals surface area contributed by atoms with Crippen molar-refractivity contribution < 1.29 is 19.6 Å². The van der Waals surface area contributed by atoms with Gasteiger partial charge in [-0.1, -0.05) is 36.1 Å². The molecule has 1 N–H and O–H groups in total. The number of carboxylic acids is 1. The first-order valence-corrected chi connectivity index (χ1v) is 8.24. The van der Waals surface area contributed by atoms with Crippen molar-refractivity contribution in [1.82, 2.24) is 4.90 Å². The highest BCUT2D eigenvalue weighted by molar-refractivity contribution is 8.26. The monoisotopic (exact) mass is 366 g/mol. The molecule has 0 spiro atoms. The zero-order valence-corrected chi connectivity index (χ0v) is 14.4. The quantitative estimate of drug-likeness (QED) is 0.357. The molecule has 9 heteroatoms. The minimum Gasteiger partial charge on any atom is -0.481 e. The molecule has 0 atom stereocenters. The van der Waals surface area contributed by atoms with Crippen LogP contribution in [0.2, 0.25) is 0 Å². The molecular formula is C15H14N2O5S2. The molecule has 1 aromatic carbocycles. The summed E-state index contributed by atoms with van der Waals surface area (Å²) in [5, 5.41) is 19.6. The van der Waals surface area contributed by atoms with Crippen LogP contribution in [-0.4, -0.2) is 37.7 Å². The molecule has 0 radical (unpaired) electrons. The summed E-state index contributed by atoms with van der Waals surface area (Å²) in [4.78, 5) is 35.1. The SMILES string of the molecule is Cc1ccc(C=C2SC(=S)N(CCCC(=O)O)C2=O)cc1[N+](=O)[O-]. The Bertz CT molecular complexity index is 760. The molecule has 126 valence electrons. The summed E-state index contributed by atoms with van der Waals surface area (Å²) >= 11 is 6.26. The van der Waals surface area contributed by atoms with Gasteiger partial charge in [-0.3, -0.25) is 24.6 Å². The van der Waals surface area contributed by atoms with Gasteiger partial charge < -0.3 is 5.11 Å². The average Bonchev–Trinajstić information content (AvgIpc) is 2.76. The van der Waals surface area contributed by atoms with E-state index >= 15 is 0 Å². The van der Waals surface area contributed by atoms with E-state index in [0.717, 1.165) is 11.8 Å². The van der Waals surface area contributed by atoms with Crippen LogP contribution >= 0.6 is 24.0 Å². The second-order valence-electron chi connectivity index (χ2n) is 5.13. The smallest absolute Gasteiger partial charge is 0.303 e. The third-order valence-corrected chi connectivity index (χ3v) is 4.75. The third-order valence-electron chi connectivity index (χ3n) is 3.37. The van der Waals surface area contributed by atoms with Crippen molar-refractivity contribution in [3.63, 3.8) is 0 Å². The number of carbonyl (C=O) groups is 2.